The molecule has 1 aliphatic heterocycles. The highest BCUT2D eigenvalue weighted by Crippen LogP contribution is 2.42. The highest BCUT2D eigenvalue weighted by molar-refractivity contribution is 6.06. The molecule has 0 saturated heterocycles. The number of carboxylic acids is 1. The SMILES string of the molecule is CC[C@H](NC(=O)OC(C)(C)C)C(=O)C1c2c(ccc3ccccc23)N[C@@H]1C(=O)O. The van der Waals surface area contributed by atoms with Gasteiger partial charge in [-0.25, -0.2) is 9.59 Å². The number of rotatable bonds is 5. The van der Waals surface area contributed by atoms with Crippen molar-refractivity contribution in [2.24, 2.45) is 0 Å². The van der Waals surface area contributed by atoms with E-state index in [1.54, 1.807) is 33.8 Å². The van der Waals surface area contributed by atoms with E-state index in [1.165, 1.54) is 0 Å². The number of carbonyl (C=O) groups excluding carboxylic acids is 2. The molecule has 1 aliphatic rings. The van der Waals surface area contributed by atoms with Crippen molar-refractivity contribution in [2.75, 3.05) is 5.32 Å². The molecule has 3 rings (SSSR count). The van der Waals surface area contributed by atoms with Gasteiger partial charge in [0, 0.05) is 5.69 Å². The molecule has 1 amide bonds. The van der Waals surface area contributed by atoms with Crippen molar-refractivity contribution in [1.29, 1.82) is 0 Å². The summed E-state index contributed by atoms with van der Waals surface area (Å²) < 4.78 is 5.26. The van der Waals surface area contributed by atoms with Gasteiger partial charge in [-0.1, -0.05) is 37.3 Å². The minimum absolute atomic E-state index is 0.320. The average Bonchev–Trinajstić information content (AvgIpc) is 3.04. The van der Waals surface area contributed by atoms with Gasteiger partial charge in [-0.2, -0.15) is 0 Å². The van der Waals surface area contributed by atoms with Crippen LogP contribution in [0.1, 0.15) is 45.6 Å². The number of benzene rings is 2. The average molecular weight is 398 g/mol. The lowest BCUT2D eigenvalue weighted by molar-refractivity contribution is -0.140. The molecule has 1 heterocycles. The van der Waals surface area contributed by atoms with Crippen LogP contribution in [-0.4, -0.2) is 40.6 Å². The summed E-state index contributed by atoms with van der Waals surface area (Å²) in [6.07, 6.45) is -0.380. The Bertz CT molecular complexity index is 963. The summed E-state index contributed by atoms with van der Waals surface area (Å²) >= 11 is 0. The van der Waals surface area contributed by atoms with Gasteiger partial charge < -0.3 is 20.5 Å². The van der Waals surface area contributed by atoms with Crippen molar-refractivity contribution >= 4 is 34.3 Å². The molecule has 1 unspecified atom stereocenters. The number of alkyl carbamates (subject to hydrolysis) is 1. The lowest BCUT2D eigenvalue weighted by Crippen LogP contribution is -2.47. The Hall–Kier alpha value is -3.09. The van der Waals surface area contributed by atoms with Crippen molar-refractivity contribution in [2.45, 2.75) is 57.7 Å². The quantitative estimate of drug-likeness (QED) is 0.710. The Morgan fingerprint density at radius 1 is 1.17 bits per heavy atom. The molecule has 2 aromatic rings. The minimum atomic E-state index is -1.12. The molecule has 0 bridgehead atoms. The van der Waals surface area contributed by atoms with Gasteiger partial charge in [-0.3, -0.25) is 4.79 Å². The topological polar surface area (TPSA) is 105 Å². The number of hydrogen-bond donors (Lipinski definition) is 3. The largest absolute Gasteiger partial charge is 0.480 e. The first kappa shape index (κ1) is 20.6. The van der Waals surface area contributed by atoms with Crippen LogP contribution in [0.25, 0.3) is 10.8 Å². The fourth-order valence-electron chi connectivity index (χ4n) is 3.73. The van der Waals surface area contributed by atoms with Crippen LogP contribution in [0.15, 0.2) is 36.4 Å². The Morgan fingerprint density at radius 3 is 2.48 bits per heavy atom. The molecule has 0 radical (unpaired) electrons. The molecule has 0 aromatic heterocycles. The lowest BCUT2D eigenvalue weighted by atomic mass is 9.84. The number of Topliss-reactive ketones (excluding diaryl/α,β-unsaturated/α-hetero) is 1. The molecule has 2 aromatic carbocycles. The molecule has 3 atom stereocenters. The molecule has 0 aliphatic carbocycles. The van der Waals surface area contributed by atoms with Crippen molar-refractivity contribution in [3.8, 4) is 0 Å². The molecular formula is C22H26N2O5. The number of ketones is 1. The van der Waals surface area contributed by atoms with E-state index in [0.29, 0.717) is 17.7 Å². The van der Waals surface area contributed by atoms with Crippen molar-refractivity contribution in [1.82, 2.24) is 5.32 Å². The van der Waals surface area contributed by atoms with Crippen LogP contribution in [0.5, 0.6) is 0 Å². The molecule has 0 fully saturated rings. The van der Waals surface area contributed by atoms with Crippen LogP contribution in [0, 0.1) is 0 Å². The minimum Gasteiger partial charge on any atom is -0.480 e. The summed E-state index contributed by atoms with van der Waals surface area (Å²) in [6, 6.07) is 9.27. The van der Waals surface area contributed by atoms with E-state index >= 15 is 0 Å². The van der Waals surface area contributed by atoms with Crippen LogP contribution in [-0.2, 0) is 14.3 Å². The standard InChI is InChI=1S/C22H26N2O5/c1-5-14(24-21(28)29-22(2,3)4)19(25)17-16-13-9-7-6-8-12(13)10-11-15(16)23-18(17)20(26)27/h6-11,14,17-18,23H,5H2,1-4H3,(H,24,28)(H,26,27)/t14-,17?,18-/m0/s1. The number of carbonyl (C=O) groups is 3. The summed E-state index contributed by atoms with van der Waals surface area (Å²) in [7, 11) is 0. The molecule has 3 N–H and O–H groups in total. The molecular weight excluding hydrogens is 372 g/mol. The first-order valence-corrected chi connectivity index (χ1v) is 9.66. The maximum Gasteiger partial charge on any atom is 0.408 e. The van der Waals surface area contributed by atoms with Crippen LogP contribution < -0.4 is 10.6 Å². The van der Waals surface area contributed by atoms with Gasteiger partial charge in [0.15, 0.2) is 5.78 Å². The van der Waals surface area contributed by atoms with Gasteiger partial charge in [0.05, 0.1) is 12.0 Å². The number of ether oxygens (including phenoxy) is 1. The lowest BCUT2D eigenvalue weighted by Gasteiger charge is -2.25. The molecule has 29 heavy (non-hydrogen) atoms. The normalized spacial score (nSPS) is 19.2. The van der Waals surface area contributed by atoms with Crippen LogP contribution in [0.3, 0.4) is 0 Å². The van der Waals surface area contributed by atoms with Gasteiger partial charge >= 0.3 is 12.1 Å². The number of anilines is 1. The van der Waals surface area contributed by atoms with Crippen molar-refractivity contribution in [3.63, 3.8) is 0 Å². The Balaban J connectivity index is 1.99. The highest BCUT2D eigenvalue weighted by Gasteiger charge is 2.45. The van der Waals surface area contributed by atoms with Gasteiger partial charge in [-0.05, 0) is 49.6 Å². The van der Waals surface area contributed by atoms with Crippen LogP contribution in [0.4, 0.5) is 10.5 Å². The number of amides is 1. The first-order chi connectivity index (χ1) is 13.6. The van der Waals surface area contributed by atoms with E-state index in [9.17, 15) is 19.5 Å². The second-order valence-corrected chi connectivity index (χ2v) is 8.20. The Morgan fingerprint density at radius 2 is 1.86 bits per heavy atom. The molecule has 0 saturated carbocycles. The van der Waals surface area contributed by atoms with Gasteiger partial charge in [0.2, 0.25) is 0 Å². The van der Waals surface area contributed by atoms with Crippen LogP contribution in [0.2, 0.25) is 0 Å². The van der Waals surface area contributed by atoms with E-state index in [2.05, 4.69) is 10.6 Å². The van der Waals surface area contributed by atoms with E-state index in [-0.39, 0.29) is 5.78 Å². The van der Waals surface area contributed by atoms with Crippen molar-refractivity contribution < 1.29 is 24.2 Å². The third-order valence-electron chi connectivity index (χ3n) is 4.94. The van der Waals surface area contributed by atoms with Crippen molar-refractivity contribution in [3.05, 3.63) is 42.0 Å². The second kappa shape index (κ2) is 7.73. The molecule has 0 spiro atoms. The monoisotopic (exact) mass is 398 g/mol. The van der Waals surface area contributed by atoms with E-state index < -0.39 is 35.7 Å². The summed E-state index contributed by atoms with van der Waals surface area (Å²) in [6.45, 7) is 6.97. The second-order valence-electron chi connectivity index (χ2n) is 8.20. The maximum atomic E-state index is 13.4. The van der Waals surface area contributed by atoms with Crippen LogP contribution >= 0.6 is 0 Å². The molecule has 7 nitrogen and oxygen atoms in total. The first-order valence-electron chi connectivity index (χ1n) is 9.66. The smallest absolute Gasteiger partial charge is 0.408 e. The molecule has 154 valence electrons. The van der Waals surface area contributed by atoms with Gasteiger partial charge in [0.1, 0.15) is 11.6 Å². The third-order valence-corrected chi connectivity index (χ3v) is 4.94. The number of aliphatic carboxylic acids is 1. The number of carboxylic acid groups (broad SMARTS) is 1. The maximum absolute atomic E-state index is 13.4. The predicted octanol–water partition coefficient (Wildman–Crippen LogP) is 3.67. The van der Waals surface area contributed by atoms with Gasteiger partial charge in [-0.15, -0.1) is 0 Å². The summed E-state index contributed by atoms with van der Waals surface area (Å²) in [4.78, 5) is 37.5. The number of nitrogens with one attached hydrogen (secondary N) is 2. The zero-order chi connectivity index (χ0) is 21.3. The zero-order valence-corrected chi connectivity index (χ0v) is 17.0. The summed E-state index contributed by atoms with van der Waals surface area (Å²) in [5.74, 6) is -2.39. The summed E-state index contributed by atoms with van der Waals surface area (Å²) in [5.41, 5.74) is 0.582. The highest BCUT2D eigenvalue weighted by atomic mass is 16.6. The van der Waals surface area contributed by atoms with Gasteiger partial charge in [0.25, 0.3) is 0 Å². The Kier molecular flexibility index (Phi) is 5.50. The molecule has 7 heteroatoms. The zero-order valence-electron chi connectivity index (χ0n) is 17.0. The van der Waals surface area contributed by atoms with E-state index in [1.807, 2.05) is 30.3 Å². The Labute approximate surface area is 169 Å². The number of fused-ring (bicyclic) bond motifs is 3. The fraction of sp³-hybridized carbons (Fsp3) is 0.409. The van der Waals surface area contributed by atoms with E-state index in [0.717, 1.165) is 10.8 Å². The van der Waals surface area contributed by atoms with E-state index in [4.69, 9.17) is 4.74 Å². The third kappa shape index (κ3) is 4.18. The predicted molar refractivity (Wildman–Crippen MR) is 110 cm³/mol. The number of hydrogen-bond acceptors (Lipinski definition) is 5. The summed E-state index contributed by atoms with van der Waals surface area (Å²) in [5, 5.41) is 17.1. The fourth-order valence-corrected chi connectivity index (χ4v) is 3.73.